The molecule has 0 aliphatic heterocycles. The van der Waals surface area contributed by atoms with E-state index in [1.807, 2.05) is 13.8 Å². The first-order chi connectivity index (χ1) is 8.62. The Morgan fingerprint density at radius 1 is 1.32 bits per heavy atom. The van der Waals surface area contributed by atoms with Crippen molar-refractivity contribution in [1.29, 1.82) is 0 Å². The molecule has 0 aliphatic rings. The lowest BCUT2D eigenvalue weighted by Gasteiger charge is -2.20. The van der Waals surface area contributed by atoms with Gasteiger partial charge in [0.15, 0.2) is 0 Å². The number of nitrogens with zero attached hydrogens (tertiary/aromatic N) is 1. The number of thiocarbonyl (C=S) groups is 1. The molecule has 0 aliphatic carbocycles. The van der Waals surface area contributed by atoms with Gasteiger partial charge in [-0.05, 0) is 25.0 Å². The molecular formula is C12H15F3N2OS. The molecule has 0 radical (unpaired) electrons. The Kier molecular flexibility index (Phi) is 4.73. The topological polar surface area (TPSA) is 48.1 Å². The van der Waals surface area contributed by atoms with E-state index >= 15 is 0 Å². The average Bonchev–Trinajstić information content (AvgIpc) is 2.27. The molecule has 0 bridgehead atoms. The van der Waals surface area contributed by atoms with Gasteiger partial charge in [0.25, 0.3) is 0 Å². The minimum Gasteiger partial charge on any atom is -0.474 e. The summed E-state index contributed by atoms with van der Waals surface area (Å²) < 4.78 is 43.3. The second-order valence-electron chi connectivity index (χ2n) is 4.48. The van der Waals surface area contributed by atoms with Crippen LogP contribution in [0.15, 0.2) is 12.1 Å². The van der Waals surface area contributed by atoms with Gasteiger partial charge < -0.3 is 10.5 Å². The number of rotatable bonds is 4. The molecule has 1 aromatic heterocycles. The third kappa shape index (κ3) is 4.05. The van der Waals surface area contributed by atoms with Crippen molar-refractivity contribution in [3.8, 4) is 5.88 Å². The fourth-order valence-electron chi connectivity index (χ4n) is 1.19. The van der Waals surface area contributed by atoms with Gasteiger partial charge in [0.05, 0.1) is 11.7 Å². The summed E-state index contributed by atoms with van der Waals surface area (Å²) >= 11 is 4.78. The number of nitrogens with two attached hydrogens (primary N) is 1. The van der Waals surface area contributed by atoms with Crippen molar-refractivity contribution in [1.82, 2.24) is 4.98 Å². The van der Waals surface area contributed by atoms with Crippen LogP contribution in [0.2, 0.25) is 0 Å². The summed E-state index contributed by atoms with van der Waals surface area (Å²) in [6, 6.07) is 2.02. The largest absolute Gasteiger partial charge is 0.474 e. The highest BCUT2D eigenvalue weighted by Crippen LogP contribution is 2.30. The van der Waals surface area contributed by atoms with Gasteiger partial charge in [-0.3, -0.25) is 0 Å². The van der Waals surface area contributed by atoms with Crippen LogP contribution in [0.3, 0.4) is 0 Å². The Morgan fingerprint density at radius 2 is 1.89 bits per heavy atom. The summed E-state index contributed by atoms with van der Waals surface area (Å²) in [5.41, 5.74) is 4.63. The average molecular weight is 292 g/mol. The van der Waals surface area contributed by atoms with Crippen molar-refractivity contribution in [3.63, 3.8) is 0 Å². The summed E-state index contributed by atoms with van der Waals surface area (Å²) in [5, 5.41) is 0. The van der Waals surface area contributed by atoms with E-state index in [4.69, 9.17) is 22.7 Å². The number of hydrogen-bond acceptors (Lipinski definition) is 3. The molecule has 0 saturated carbocycles. The lowest BCUT2D eigenvalue weighted by atomic mass is 10.1. The Balaban J connectivity index is 3.20. The molecule has 3 nitrogen and oxygen atoms in total. The SMILES string of the molecule is CC(C)C(C)Oc1nc(C(F)(F)F)ccc1C(N)=S. The number of hydrogen-bond donors (Lipinski definition) is 1. The lowest BCUT2D eigenvalue weighted by molar-refractivity contribution is -0.141. The van der Waals surface area contributed by atoms with Gasteiger partial charge in [-0.1, -0.05) is 26.1 Å². The second kappa shape index (κ2) is 5.73. The molecule has 106 valence electrons. The van der Waals surface area contributed by atoms with Crippen molar-refractivity contribution in [3.05, 3.63) is 23.4 Å². The third-order valence-corrected chi connectivity index (χ3v) is 2.87. The highest BCUT2D eigenvalue weighted by Gasteiger charge is 2.33. The Morgan fingerprint density at radius 3 is 2.32 bits per heavy atom. The fourth-order valence-corrected chi connectivity index (χ4v) is 1.34. The van der Waals surface area contributed by atoms with Crippen LogP contribution < -0.4 is 10.5 Å². The van der Waals surface area contributed by atoms with Crippen LogP contribution in [0.1, 0.15) is 32.0 Å². The minimum atomic E-state index is -4.53. The molecule has 1 rings (SSSR count). The molecule has 1 aromatic rings. The van der Waals surface area contributed by atoms with Crippen LogP contribution in [0.5, 0.6) is 5.88 Å². The zero-order chi connectivity index (χ0) is 14.8. The van der Waals surface area contributed by atoms with Crippen LogP contribution in [0.4, 0.5) is 13.2 Å². The predicted molar refractivity (Wildman–Crippen MR) is 70.1 cm³/mol. The maximum Gasteiger partial charge on any atom is 0.433 e. The molecule has 1 unspecified atom stereocenters. The van der Waals surface area contributed by atoms with E-state index in [1.54, 1.807) is 6.92 Å². The first-order valence-electron chi connectivity index (χ1n) is 5.67. The summed E-state index contributed by atoms with van der Waals surface area (Å²) in [7, 11) is 0. The van der Waals surface area contributed by atoms with Gasteiger partial charge in [-0.15, -0.1) is 0 Å². The monoisotopic (exact) mass is 292 g/mol. The van der Waals surface area contributed by atoms with Crippen molar-refractivity contribution in [2.75, 3.05) is 0 Å². The van der Waals surface area contributed by atoms with Crippen LogP contribution in [-0.2, 0) is 6.18 Å². The maximum atomic E-state index is 12.6. The lowest BCUT2D eigenvalue weighted by Crippen LogP contribution is -2.23. The molecule has 0 saturated heterocycles. The molecule has 0 aromatic carbocycles. The van der Waals surface area contributed by atoms with Gasteiger partial charge in [0.2, 0.25) is 5.88 Å². The van der Waals surface area contributed by atoms with E-state index in [0.29, 0.717) is 0 Å². The van der Waals surface area contributed by atoms with E-state index in [1.165, 1.54) is 6.07 Å². The highest BCUT2D eigenvalue weighted by molar-refractivity contribution is 7.80. The van der Waals surface area contributed by atoms with Crippen molar-refractivity contribution < 1.29 is 17.9 Å². The van der Waals surface area contributed by atoms with Crippen molar-refractivity contribution >= 4 is 17.2 Å². The van der Waals surface area contributed by atoms with Crippen LogP contribution >= 0.6 is 12.2 Å². The minimum absolute atomic E-state index is 0.0489. The van der Waals surface area contributed by atoms with Gasteiger partial charge in [-0.2, -0.15) is 13.2 Å². The second-order valence-corrected chi connectivity index (χ2v) is 4.92. The zero-order valence-corrected chi connectivity index (χ0v) is 11.6. The van der Waals surface area contributed by atoms with E-state index in [0.717, 1.165) is 6.07 Å². The van der Waals surface area contributed by atoms with Crippen molar-refractivity contribution in [2.24, 2.45) is 11.7 Å². The molecule has 2 N–H and O–H groups in total. The standard InChI is InChI=1S/C12H15F3N2OS/c1-6(2)7(3)18-11-8(10(16)19)4-5-9(17-11)12(13,14)15/h4-7H,1-3H3,(H2,16,19). The quantitative estimate of drug-likeness (QED) is 0.866. The number of ether oxygens (including phenoxy) is 1. The van der Waals surface area contributed by atoms with Crippen LogP contribution in [-0.4, -0.2) is 16.1 Å². The molecule has 0 spiro atoms. The summed E-state index contributed by atoms with van der Waals surface area (Å²) in [4.78, 5) is 3.42. The first-order valence-corrected chi connectivity index (χ1v) is 6.08. The highest BCUT2D eigenvalue weighted by atomic mass is 32.1. The predicted octanol–water partition coefficient (Wildman–Crippen LogP) is 3.16. The molecular weight excluding hydrogens is 277 g/mol. The summed E-state index contributed by atoms with van der Waals surface area (Å²) in [6.45, 7) is 5.52. The summed E-state index contributed by atoms with van der Waals surface area (Å²) in [6.07, 6.45) is -4.84. The third-order valence-electron chi connectivity index (χ3n) is 2.65. The van der Waals surface area contributed by atoms with E-state index in [-0.39, 0.29) is 28.5 Å². The molecule has 1 atom stereocenters. The zero-order valence-electron chi connectivity index (χ0n) is 10.8. The first kappa shape index (κ1) is 15.7. The Labute approximate surface area is 115 Å². The number of aromatic nitrogens is 1. The Bertz CT molecular complexity index is 475. The molecule has 19 heavy (non-hydrogen) atoms. The van der Waals surface area contributed by atoms with Gasteiger partial charge in [0, 0.05) is 0 Å². The van der Waals surface area contributed by atoms with Crippen molar-refractivity contribution in [2.45, 2.75) is 33.1 Å². The fraction of sp³-hybridized carbons (Fsp3) is 0.500. The smallest absolute Gasteiger partial charge is 0.433 e. The van der Waals surface area contributed by atoms with Gasteiger partial charge in [-0.25, -0.2) is 4.98 Å². The van der Waals surface area contributed by atoms with Crippen LogP contribution in [0.25, 0.3) is 0 Å². The molecule has 7 heteroatoms. The van der Waals surface area contributed by atoms with Crippen LogP contribution in [0, 0.1) is 5.92 Å². The maximum absolute atomic E-state index is 12.6. The van der Waals surface area contributed by atoms with E-state index in [2.05, 4.69) is 4.98 Å². The Hall–Kier alpha value is -1.37. The van der Waals surface area contributed by atoms with E-state index in [9.17, 15) is 13.2 Å². The number of halogens is 3. The van der Waals surface area contributed by atoms with E-state index < -0.39 is 11.9 Å². The van der Waals surface area contributed by atoms with Gasteiger partial charge in [0.1, 0.15) is 10.7 Å². The molecule has 1 heterocycles. The molecule has 0 amide bonds. The normalized spacial score (nSPS) is 13.4. The summed E-state index contributed by atoms with van der Waals surface area (Å²) in [5.74, 6) is -0.0564. The van der Waals surface area contributed by atoms with Gasteiger partial charge >= 0.3 is 6.18 Å². The number of pyridine rings is 1. The molecule has 0 fully saturated rings. The number of alkyl halides is 3.